The van der Waals surface area contributed by atoms with Crippen molar-refractivity contribution in [2.45, 2.75) is 32.4 Å². The molecule has 3 rings (SSSR count). The molecule has 5 heteroatoms. The molecule has 3 aromatic rings. The van der Waals surface area contributed by atoms with Crippen LogP contribution in [0.15, 0.2) is 61.1 Å². The maximum atomic E-state index is 10.4. The van der Waals surface area contributed by atoms with Gasteiger partial charge in [-0.25, -0.2) is 0 Å². The van der Waals surface area contributed by atoms with Gasteiger partial charge in [0.05, 0.1) is 12.2 Å². The molecule has 0 radical (unpaired) electrons. The first kappa shape index (κ1) is 17.2. The van der Waals surface area contributed by atoms with E-state index >= 15 is 0 Å². The summed E-state index contributed by atoms with van der Waals surface area (Å²) >= 11 is 0. The summed E-state index contributed by atoms with van der Waals surface area (Å²) in [4.78, 5) is 4.13. The summed E-state index contributed by atoms with van der Waals surface area (Å²) in [5.41, 5.74) is 3.04. The highest BCUT2D eigenvalue weighted by Crippen LogP contribution is 2.26. The lowest BCUT2D eigenvalue weighted by molar-refractivity contribution is 0.0892. The second kappa shape index (κ2) is 7.94. The van der Waals surface area contributed by atoms with E-state index in [1.807, 2.05) is 36.4 Å². The highest BCUT2D eigenvalue weighted by molar-refractivity contribution is 5.57. The van der Waals surface area contributed by atoms with Gasteiger partial charge in [0.1, 0.15) is 18.5 Å². The molecule has 0 saturated carbocycles. The molecule has 0 aliphatic carbocycles. The van der Waals surface area contributed by atoms with Gasteiger partial charge in [-0.05, 0) is 35.7 Å². The zero-order chi connectivity index (χ0) is 17.6. The van der Waals surface area contributed by atoms with Gasteiger partial charge >= 0.3 is 0 Å². The summed E-state index contributed by atoms with van der Waals surface area (Å²) in [6.07, 6.45) is 4.59. The summed E-state index contributed by atoms with van der Waals surface area (Å²) in [7, 11) is 0. The van der Waals surface area contributed by atoms with Crippen molar-refractivity contribution in [3.05, 3.63) is 66.6 Å². The molecule has 1 aromatic carbocycles. The molecule has 130 valence electrons. The number of benzene rings is 1. The molecule has 25 heavy (non-hydrogen) atoms. The first-order valence-electron chi connectivity index (χ1n) is 8.47. The van der Waals surface area contributed by atoms with Crippen molar-refractivity contribution >= 4 is 0 Å². The number of hydrogen-bond donors (Lipinski definition) is 1. The number of para-hydroxylation sites is 1. The first-order valence-corrected chi connectivity index (χ1v) is 8.47. The van der Waals surface area contributed by atoms with Gasteiger partial charge in [-0.2, -0.15) is 5.10 Å². The van der Waals surface area contributed by atoms with E-state index in [-0.39, 0.29) is 6.61 Å². The van der Waals surface area contributed by atoms with Crippen LogP contribution in [0.1, 0.15) is 25.3 Å². The van der Waals surface area contributed by atoms with E-state index < -0.39 is 6.10 Å². The number of hydrogen-bond acceptors (Lipinski definition) is 4. The largest absolute Gasteiger partial charge is 0.491 e. The van der Waals surface area contributed by atoms with E-state index in [2.05, 4.69) is 30.0 Å². The minimum absolute atomic E-state index is 0.218. The van der Waals surface area contributed by atoms with Gasteiger partial charge in [0.15, 0.2) is 0 Å². The SMILES string of the molecule is CC(C)c1ccccc1OC[C@@H](O)Cn1nccc1-c1cccnc1. The minimum Gasteiger partial charge on any atom is -0.491 e. The summed E-state index contributed by atoms with van der Waals surface area (Å²) < 4.78 is 7.63. The van der Waals surface area contributed by atoms with Crippen LogP contribution < -0.4 is 4.74 Å². The summed E-state index contributed by atoms with van der Waals surface area (Å²) in [5.74, 6) is 1.20. The maximum Gasteiger partial charge on any atom is 0.122 e. The molecule has 5 nitrogen and oxygen atoms in total. The third-order valence-corrected chi connectivity index (χ3v) is 4.03. The smallest absolute Gasteiger partial charge is 0.122 e. The second-order valence-corrected chi connectivity index (χ2v) is 6.30. The zero-order valence-electron chi connectivity index (χ0n) is 14.5. The average molecular weight is 337 g/mol. The summed E-state index contributed by atoms with van der Waals surface area (Å²) in [5, 5.41) is 14.7. The Labute approximate surface area is 147 Å². The van der Waals surface area contributed by atoms with Crippen LogP contribution in [0.4, 0.5) is 0 Å². The highest BCUT2D eigenvalue weighted by Gasteiger charge is 2.13. The van der Waals surface area contributed by atoms with E-state index in [4.69, 9.17) is 4.74 Å². The van der Waals surface area contributed by atoms with Gasteiger partial charge in [-0.1, -0.05) is 32.0 Å². The average Bonchev–Trinajstić information content (AvgIpc) is 3.09. The van der Waals surface area contributed by atoms with Gasteiger partial charge in [-0.15, -0.1) is 0 Å². The molecule has 0 aliphatic rings. The molecule has 0 aliphatic heterocycles. The Hall–Kier alpha value is -2.66. The van der Waals surface area contributed by atoms with Gasteiger partial charge in [0.2, 0.25) is 0 Å². The molecule has 0 fully saturated rings. The lowest BCUT2D eigenvalue weighted by atomic mass is 10.0. The van der Waals surface area contributed by atoms with E-state index in [1.54, 1.807) is 23.3 Å². The van der Waals surface area contributed by atoms with Crippen LogP contribution in [0.5, 0.6) is 5.75 Å². The number of aliphatic hydroxyl groups is 1. The first-order chi connectivity index (χ1) is 12.1. The molecule has 0 unspecified atom stereocenters. The fraction of sp³-hybridized carbons (Fsp3) is 0.300. The fourth-order valence-electron chi connectivity index (χ4n) is 2.76. The predicted octanol–water partition coefficient (Wildman–Crippen LogP) is 3.51. The van der Waals surface area contributed by atoms with Gasteiger partial charge in [-0.3, -0.25) is 9.67 Å². The number of pyridine rings is 1. The second-order valence-electron chi connectivity index (χ2n) is 6.30. The molecule has 1 N–H and O–H groups in total. The van der Waals surface area contributed by atoms with Crippen LogP contribution in [-0.2, 0) is 6.54 Å². The van der Waals surface area contributed by atoms with Gasteiger partial charge in [0, 0.05) is 24.2 Å². The van der Waals surface area contributed by atoms with Crippen molar-refractivity contribution in [2.24, 2.45) is 0 Å². The Morgan fingerprint density at radius 1 is 1.08 bits per heavy atom. The van der Waals surface area contributed by atoms with Crippen LogP contribution in [0.3, 0.4) is 0 Å². The Morgan fingerprint density at radius 3 is 2.68 bits per heavy atom. The minimum atomic E-state index is -0.657. The van der Waals surface area contributed by atoms with Crippen LogP contribution in [0.25, 0.3) is 11.3 Å². The van der Waals surface area contributed by atoms with Crippen molar-refractivity contribution < 1.29 is 9.84 Å². The molecule has 1 atom stereocenters. The van der Waals surface area contributed by atoms with E-state index in [1.165, 1.54) is 0 Å². The Bertz CT molecular complexity index is 799. The highest BCUT2D eigenvalue weighted by atomic mass is 16.5. The van der Waals surface area contributed by atoms with Crippen LogP contribution in [0, 0.1) is 0 Å². The van der Waals surface area contributed by atoms with Gasteiger partial charge < -0.3 is 9.84 Å². The zero-order valence-corrected chi connectivity index (χ0v) is 14.5. The number of nitrogens with zero attached hydrogens (tertiary/aromatic N) is 3. The summed E-state index contributed by atoms with van der Waals surface area (Å²) in [6.45, 7) is 4.84. The van der Waals surface area contributed by atoms with Crippen molar-refractivity contribution in [2.75, 3.05) is 6.61 Å². The monoisotopic (exact) mass is 337 g/mol. The number of ether oxygens (including phenoxy) is 1. The molecular formula is C20H23N3O2. The normalized spacial score (nSPS) is 12.3. The number of aliphatic hydroxyl groups excluding tert-OH is 1. The molecule has 2 heterocycles. The summed E-state index contributed by atoms with van der Waals surface area (Å²) in [6, 6.07) is 13.7. The molecule has 2 aromatic heterocycles. The fourth-order valence-corrected chi connectivity index (χ4v) is 2.76. The molecule has 0 amide bonds. The lowest BCUT2D eigenvalue weighted by Gasteiger charge is -2.17. The third kappa shape index (κ3) is 4.25. The third-order valence-electron chi connectivity index (χ3n) is 4.03. The Morgan fingerprint density at radius 2 is 1.92 bits per heavy atom. The van der Waals surface area contributed by atoms with Crippen LogP contribution >= 0.6 is 0 Å². The lowest BCUT2D eigenvalue weighted by Crippen LogP contribution is -2.24. The number of aromatic nitrogens is 3. The number of rotatable bonds is 7. The van der Waals surface area contributed by atoms with E-state index in [0.717, 1.165) is 22.6 Å². The van der Waals surface area contributed by atoms with E-state index in [0.29, 0.717) is 12.5 Å². The van der Waals surface area contributed by atoms with Crippen molar-refractivity contribution in [1.82, 2.24) is 14.8 Å². The van der Waals surface area contributed by atoms with Gasteiger partial charge in [0.25, 0.3) is 0 Å². The molecule has 0 bridgehead atoms. The molecule has 0 spiro atoms. The van der Waals surface area contributed by atoms with E-state index in [9.17, 15) is 5.11 Å². The van der Waals surface area contributed by atoms with Crippen LogP contribution in [0.2, 0.25) is 0 Å². The Kier molecular flexibility index (Phi) is 5.46. The van der Waals surface area contributed by atoms with Crippen molar-refractivity contribution in [1.29, 1.82) is 0 Å². The predicted molar refractivity (Wildman–Crippen MR) is 97.5 cm³/mol. The standard InChI is InChI=1S/C20H23N3O2/c1-15(2)18-7-3-4-8-20(18)25-14-17(24)13-23-19(9-11-22-23)16-6-5-10-21-12-16/h3-12,15,17,24H,13-14H2,1-2H3/t17-/m0/s1. The molecule has 0 saturated heterocycles. The molecular weight excluding hydrogens is 314 g/mol. The van der Waals surface area contributed by atoms with Crippen molar-refractivity contribution in [3.63, 3.8) is 0 Å². The van der Waals surface area contributed by atoms with Crippen LogP contribution in [-0.4, -0.2) is 32.6 Å². The maximum absolute atomic E-state index is 10.4. The topological polar surface area (TPSA) is 60.2 Å². The van der Waals surface area contributed by atoms with Crippen molar-refractivity contribution in [3.8, 4) is 17.0 Å². The Balaban J connectivity index is 1.65. The quantitative estimate of drug-likeness (QED) is 0.717.